The van der Waals surface area contributed by atoms with E-state index in [1.807, 2.05) is 26.0 Å². The Labute approximate surface area is 183 Å². The van der Waals surface area contributed by atoms with Gasteiger partial charge in [0, 0.05) is 29.9 Å². The van der Waals surface area contributed by atoms with Crippen molar-refractivity contribution in [3.63, 3.8) is 0 Å². The van der Waals surface area contributed by atoms with Crippen molar-refractivity contribution in [3.8, 4) is 11.4 Å². The lowest BCUT2D eigenvalue weighted by molar-refractivity contribution is -0.274. The molecule has 5 nitrogen and oxygen atoms in total. The minimum absolute atomic E-state index is 0.127. The molecule has 164 valence electrons. The number of carbonyl (C=O) groups is 1. The molecule has 1 heterocycles. The predicted octanol–water partition coefficient (Wildman–Crippen LogP) is 5.24. The summed E-state index contributed by atoms with van der Waals surface area (Å²) in [6.07, 6.45) is -4.57. The van der Waals surface area contributed by atoms with Gasteiger partial charge in [0.25, 0.3) is 0 Å². The number of carbonyl (C=O) groups excluding carboxylic acids is 1. The van der Waals surface area contributed by atoms with E-state index < -0.39 is 6.36 Å². The number of benzene rings is 2. The number of hydrogen-bond acceptors (Lipinski definition) is 3. The van der Waals surface area contributed by atoms with Crippen LogP contribution in [0.15, 0.2) is 48.5 Å². The van der Waals surface area contributed by atoms with Crippen LogP contribution in [-0.4, -0.2) is 34.0 Å². The first kappa shape index (κ1) is 22.7. The van der Waals surface area contributed by atoms with Crippen LogP contribution in [-0.2, 0) is 17.8 Å². The van der Waals surface area contributed by atoms with Gasteiger partial charge in [-0.3, -0.25) is 4.79 Å². The molecule has 0 aliphatic rings. The SMILES string of the molecule is Cc1nn(-c2ccc(Cl)cc2)c(C)c1CC(=O)N(C)Cc1ccc(OC(F)(F)F)cc1. The van der Waals surface area contributed by atoms with Gasteiger partial charge >= 0.3 is 6.36 Å². The monoisotopic (exact) mass is 451 g/mol. The fourth-order valence-electron chi connectivity index (χ4n) is 3.21. The standard InChI is InChI=1S/C22H21ClF3N3O2/c1-14-20(15(2)29(27-14)18-8-6-17(23)7-9-18)12-21(30)28(3)13-16-4-10-19(11-5-16)31-22(24,25)26/h4-11H,12-13H2,1-3H3. The third-order valence-electron chi connectivity index (χ3n) is 4.84. The molecule has 9 heteroatoms. The van der Waals surface area contributed by atoms with Gasteiger partial charge in [-0.15, -0.1) is 13.2 Å². The molecular formula is C22H21ClF3N3O2. The number of rotatable bonds is 6. The summed E-state index contributed by atoms with van der Waals surface area (Å²) >= 11 is 5.95. The zero-order valence-electron chi connectivity index (χ0n) is 17.2. The Morgan fingerprint density at radius 1 is 1.10 bits per heavy atom. The average molecular weight is 452 g/mol. The zero-order valence-corrected chi connectivity index (χ0v) is 18.0. The van der Waals surface area contributed by atoms with Crippen molar-refractivity contribution in [2.45, 2.75) is 33.2 Å². The molecule has 0 unspecified atom stereocenters. The maximum atomic E-state index is 12.8. The first-order valence-electron chi connectivity index (χ1n) is 9.43. The number of likely N-dealkylation sites (N-methyl/N-ethyl adjacent to an activating group) is 1. The Morgan fingerprint density at radius 3 is 2.29 bits per heavy atom. The molecule has 3 rings (SSSR count). The summed E-state index contributed by atoms with van der Waals surface area (Å²) in [5, 5.41) is 5.17. The summed E-state index contributed by atoms with van der Waals surface area (Å²) in [7, 11) is 1.65. The maximum absolute atomic E-state index is 12.8. The molecule has 0 aliphatic heterocycles. The second kappa shape index (κ2) is 9.01. The molecule has 0 aliphatic carbocycles. The van der Waals surface area contributed by atoms with Crippen molar-refractivity contribution in [1.29, 1.82) is 0 Å². The minimum atomic E-state index is -4.74. The van der Waals surface area contributed by atoms with E-state index in [0.717, 1.165) is 22.6 Å². The number of aromatic nitrogens is 2. The summed E-state index contributed by atoms with van der Waals surface area (Å²) < 4.78 is 42.4. The van der Waals surface area contributed by atoms with Crippen LogP contribution in [0.4, 0.5) is 13.2 Å². The van der Waals surface area contributed by atoms with Crippen molar-refractivity contribution in [2.24, 2.45) is 0 Å². The molecule has 2 aromatic carbocycles. The zero-order chi connectivity index (χ0) is 22.8. The topological polar surface area (TPSA) is 47.4 Å². The molecular weight excluding hydrogens is 431 g/mol. The molecule has 0 spiro atoms. The summed E-state index contributed by atoms with van der Waals surface area (Å²) in [5.74, 6) is -0.427. The van der Waals surface area contributed by atoms with E-state index in [1.165, 1.54) is 29.2 Å². The van der Waals surface area contributed by atoms with Gasteiger partial charge in [0.05, 0.1) is 17.8 Å². The maximum Gasteiger partial charge on any atom is 0.573 e. The van der Waals surface area contributed by atoms with E-state index >= 15 is 0 Å². The van der Waals surface area contributed by atoms with Crippen LogP contribution in [0.1, 0.15) is 22.5 Å². The highest BCUT2D eigenvalue weighted by atomic mass is 35.5. The number of halogens is 4. The van der Waals surface area contributed by atoms with Crippen molar-refractivity contribution in [1.82, 2.24) is 14.7 Å². The molecule has 3 aromatic rings. The molecule has 0 atom stereocenters. The molecule has 1 aromatic heterocycles. The first-order valence-corrected chi connectivity index (χ1v) is 9.81. The van der Waals surface area contributed by atoms with Gasteiger partial charge in [0.1, 0.15) is 5.75 Å². The summed E-state index contributed by atoms with van der Waals surface area (Å²) in [6.45, 7) is 4.01. The number of aryl methyl sites for hydroxylation is 1. The van der Waals surface area contributed by atoms with E-state index in [1.54, 1.807) is 23.9 Å². The van der Waals surface area contributed by atoms with Gasteiger partial charge in [-0.2, -0.15) is 5.10 Å². The third-order valence-corrected chi connectivity index (χ3v) is 5.09. The van der Waals surface area contributed by atoms with E-state index in [-0.39, 0.29) is 24.6 Å². The molecule has 0 bridgehead atoms. The first-order chi connectivity index (χ1) is 14.5. The molecule has 1 amide bonds. The third kappa shape index (κ3) is 5.79. The molecule has 31 heavy (non-hydrogen) atoms. The van der Waals surface area contributed by atoms with E-state index in [4.69, 9.17) is 11.6 Å². The lowest BCUT2D eigenvalue weighted by Crippen LogP contribution is -2.28. The number of ether oxygens (including phenoxy) is 1. The highest BCUT2D eigenvalue weighted by Crippen LogP contribution is 2.24. The van der Waals surface area contributed by atoms with Gasteiger partial charge in [-0.05, 0) is 55.8 Å². The van der Waals surface area contributed by atoms with Gasteiger partial charge < -0.3 is 9.64 Å². The van der Waals surface area contributed by atoms with Crippen LogP contribution in [0.5, 0.6) is 5.75 Å². The molecule has 0 saturated heterocycles. The number of alkyl halides is 3. The molecule has 0 radical (unpaired) electrons. The Bertz CT molecular complexity index is 1060. The van der Waals surface area contributed by atoms with Crippen LogP contribution in [0.25, 0.3) is 5.69 Å². The molecule has 0 fully saturated rings. The van der Waals surface area contributed by atoms with E-state index in [0.29, 0.717) is 10.6 Å². The Kier molecular flexibility index (Phi) is 6.59. The van der Waals surface area contributed by atoms with Gasteiger partial charge in [0.2, 0.25) is 5.91 Å². The smallest absolute Gasteiger partial charge is 0.406 e. The Balaban J connectivity index is 1.68. The second-order valence-electron chi connectivity index (χ2n) is 7.16. The Morgan fingerprint density at radius 2 is 1.71 bits per heavy atom. The average Bonchev–Trinajstić information content (AvgIpc) is 2.97. The fraction of sp³-hybridized carbons (Fsp3) is 0.273. The summed E-state index contributed by atoms with van der Waals surface area (Å²) in [5.41, 5.74) is 3.98. The predicted molar refractivity (Wildman–Crippen MR) is 111 cm³/mol. The van der Waals surface area contributed by atoms with Crippen molar-refractivity contribution >= 4 is 17.5 Å². The van der Waals surface area contributed by atoms with Crippen LogP contribution >= 0.6 is 11.6 Å². The van der Waals surface area contributed by atoms with Gasteiger partial charge in [-0.1, -0.05) is 23.7 Å². The van der Waals surface area contributed by atoms with Crippen LogP contribution in [0.3, 0.4) is 0 Å². The van der Waals surface area contributed by atoms with E-state index in [2.05, 4.69) is 9.84 Å². The van der Waals surface area contributed by atoms with Crippen LogP contribution in [0, 0.1) is 13.8 Å². The lowest BCUT2D eigenvalue weighted by Gasteiger charge is -2.18. The Hall–Kier alpha value is -3.00. The lowest BCUT2D eigenvalue weighted by atomic mass is 10.1. The molecule has 0 saturated carbocycles. The fourth-order valence-corrected chi connectivity index (χ4v) is 3.34. The quantitative estimate of drug-likeness (QED) is 0.514. The van der Waals surface area contributed by atoms with Gasteiger partial charge in [-0.25, -0.2) is 4.68 Å². The number of nitrogens with zero attached hydrogens (tertiary/aromatic N) is 3. The normalized spacial score (nSPS) is 11.5. The minimum Gasteiger partial charge on any atom is -0.406 e. The summed E-state index contributed by atoms with van der Waals surface area (Å²) in [4.78, 5) is 14.3. The largest absolute Gasteiger partial charge is 0.573 e. The van der Waals surface area contributed by atoms with Crippen molar-refractivity contribution < 1.29 is 22.7 Å². The number of hydrogen-bond donors (Lipinski definition) is 0. The second-order valence-corrected chi connectivity index (χ2v) is 7.59. The van der Waals surface area contributed by atoms with Gasteiger partial charge in [0.15, 0.2) is 0 Å². The van der Waals surface area contributed by atoms with Crippen molar-refractivity contribution in [3.05, 3.63) is 76.1 Å². The van der Waals surface area contributed by atoms with Crippen molar-refractivity contribution in [2.75, 3.05) is 7.05 Å². The van der Waals surface area contributed by atoms with E-state index in [9.17, 15) is 18.0 Å². The summed E-state index contributed by atoms with van der Waals surface area (Å²) in [6, 6.07) is 12.7. The molecule has 0 N–H and O–H groups in total. The van der Waals surface area contributed by atoms with Crippen LogP contribution in [0.2, 0.25) is 5.02 Å². The highest BCUT2D eigenvalue weighted by molar-refractivity contribution is 6.30. The van der Waals surface area contributed by atoms with Crippen LogP contribution < -0.4 is 4.74 Å². The highest BCUT2D eigenvalue weighted by Gasteiger charge is 2.31. The number of amides is 1.